The van der Waals surface area contributed by atoms with Gasteiger partial charge in [0.2, 0.25) is 0 Å². The van der Waals surface area contributed by atoms with E-state index in [1.165, 1.54) is 10.5 Å². The highest BCUT2D eigenvalue weighted by atomic mass is 32.2. The maximum absolute atomic E-state index is 10.6. The number of thioether (sulfide) groups is 1. The van der Waals surface area contributed by atoms with Crippen molar-refractivity contribution in [2.24, 2.45) is 0 Å². The minimum atomic E-state index is -0.371. The van der Waals surface area contributed by atoms with Gasteiger partial charge in [0.1, 0.15) is 0 Å². The zero-order chi connectivity index (χ0) is 14.7. The summed E-state index contributed by atoms with van der Waals surface area (Å²) < 4.78 is 0. The van der Waals surface area contributed by atoms with Gasteiger partial charge in [0.25, 0.3) is 5.69 Å². The predicted octanol–water partition coefficient (Wildman–Crippen LogP) is 3.40. The van der Waals surface area contributed by atoms with Gasteiger partial charge in [-0.2, -0.15) is 0 Å². The van der Waals surface area contributed by atoms with Gasteiger partial charge in [0.05, 0.1) is 4.92 Å². The monoisotopic (exact) mass is 300 g/mol. The van der Waals surface area contributed by atoms with Crippen LogP contribution in [0.1, 0.15) is 11.1 Å². The third kappa shape index (κ3) is 3.43. The summed E-state index contributed by atoms with van der Waals surface area (Å²) in [6.45, 7) is 1.68. The smallest absolute Gasteiger partial charge is 0.269 e. The van der Waals surface area contributed by atoms with Gasteiger partial charge < -0.3 is 5.32 Å². The fourth-order valence-electron chi connectivity index (χ4n) is 2.48. The van der Waals surface area contributed by atoms with Gasteiger partial charge in [-0.3, -0.25) is 10.1 Å². The molecule has 0 aliphatic carbocycles. The van der Waals surface area contributed by atoms with Crippen LogP contribution >= 0.6 is 11.8 Å². The molecule has 2 aromatic carbocycles. The Kier molecular flexibility index (Phi) is 4.22. The second-order valence-electron chi connectivity index (χ2n) is 5.11. The molecule has 3 rings (SSSR count). The Labute approximate surface area is 127 Å². The van der Waals surface area contributed by atoms with E-state index in [2.05, 4.69) is 29.6 Å². The number of rotatable bonds is 5. The lowest BCUT2D eigenvalue weighted by atomic mass is 10.1. The highest BCUT2D eigenvalue weighted by Crippen LogP contribution is 2.36. The molecule has 0 amide bonds. The predicted molar refractivity (Wildman–Crippen MR) is 84.6 cm³/mol. The largest absolute Gasteiger partial charge is 0.312 e. The molecule has 1 atom stereocenters. The van der Waals surface area contributed by atoms with Crippen LogP contribution in [-0.2, 0) is 13.0 Å². The summed E-state index contributed by atoms with van der Waals surface area (Å²) in [5, 5.41) is 14.6. The molecule has 1 aliphatic heterocycles. The number of fused-ring (bicyclic) bond motifs is 1. The number of nitrogens with one attached hydrogen (secondary N) is 1. The molecule has 1 N–H and O–H groups in total. The van der Waals surface area contributed by atoms with Crippen LogP contribution in [0, 0.1) is 10.1 Å². The van der Waals surface area contributed by atoms with Crippen LogP contribution in [0.15, 0.2) is 53.4 Å². The molecule has 4 nitrogen and oxygen atoms in total. The Bertz CT molecular complexity index is 618. The van der Waals surface area contributed by atoms with E-state index in [4.69, 9.17) is 0 Å². The topological polar surface area (TPSA) is 55.2 Å². The lowest BCUT2D eigenvalue weighted by molar-refractivity contribution is -0.384. The Balaban J connectivity index is 1.48. The molecule has 1 unspecified atom stereocenters. The first kappa shape index (κ1) is 14.1. The van der Waals surface area contributed by atoms with Crippen molar-refractivity contribution in [3.63, 3.8) is 0 Å². The number of benzene rings is 2. The van der Waals surface area contributed by atoms with Gasteiger partial charge in [0, 0.05) is 35.4 Å². The highest BCUT2D eigenvalue weighted by molar-refractivity contribution is 8.00. The van der Waals surface area contributed by atoms with E-state index in [1.807, 2.05) is 23.9 Å². The second kappa shape index (κ2) is 6.28. The molecule has 2 aromatic rings. The Morgan fingerprint density at radius 2 is 1.95 bits per heavy atom. The molecule has 0 bridgehead atoms. The summed E-state index contributed by atoms with van der Waals surface area (Å²) in [6, 6.07) is 15.3. The molecule has 0 saturated heterocycles. The van der Waals surface area contributed by atoms with Crippen molar-refractivity contribution < 1.29 is 4.92 Å². The molecular formula is C16H16N2O2S. The lowest BCUT2D eigenvalue weighted by Crippen LogP contribution is -2.23. The lowest BCUT2D eigenvalue weighted by Gasteiger charge is -2.10. The first-order valence-corrected chi connectivity index (χ1v) is 7.79. The average Bonchev–Trinajstić information content (AvgIpc) is 2.90. The van der Waals surface area contributed by atoms with Crippen molar-refractivity contribution >= 4 is 17.4 Å². The van der Waals surface area contributed by atoms with Gasteiger partial charge in [-0.15, -0.1) is 11.8 Å². The van der Waals surface area contributed by atoms with Crippen LogP contribution in [0.25, 0.3) is 0 Å². The van der Waals surface area contributed by atoms with E-state index in [0.29, 0.717) is 5.25 Å². The normalized spacial score (nSPS) is 16.7. The summed E-state index contributed by atoms with van der Waals surface area (Å²) in [5.74, 6) is 0. The van der Waals surface area contributed by atoms with Gasteiger partial charge >= 0.3 is 0 Å². The van der Waals surface area contributed by atoms with Crippen molar-refractivity contribution in [2.45, 2.75) is 23.1 Å². The van der Waals surface area contributed by atoms with Crippen molar-refractivity contribution in [1.29, 1.82) is 0 Å². The summed E-state index contributed by atoms with van der Waals surface area (Å²) in [5.41, 5.74) is 2.64. The molecule has 0 saturated carbocycles. The van der Waals surface area contributed by atoms with E-state index in [0.717, 1.165) is 25.1 Å². The zero-order valence-electron chi connectivity index (χ0n) is 11.5. The maximum Gasteiger partial charge on any atom is 0.269 e. The van der Waals surface area contributed by atoms with Crippen LogP contribution in [0.2, 0.25) is 0 Å². The zero-order valence-corrected chi connectivity index (χ0v) is 12.3. The van der Waals surface area contributed by atoms with Crippen LogP contribution < -0.4 is 5.32 Å². The molecular weight excluding hydrogens is 284 g/mol. The van der Waals surface area contributed by atoms with Gasteiger partial charge in [-0.05, 0) is 23.6 Å². The molecule has 21 heavy (non-hydrogen) atoms. The number of nitro groups is 1. The van der Waals surface area contributed by atoms with Crippen molar-refractivity contribution in [2.75, 3.05) is 6.54 Å². The average molecular weight is 300 g/mol. The molecule has 1 aliphatic rings. The number of nitro benzene ring substituents is 1. The van der Waals surface area contributed by atoms with E-state index in [1.54, 1.807) is 12.1 Å². The number of non-ortho nitro benzene ring substituents is 1. The molecule has 108 valence electrons. The van der Waals surface area contributed by atoms with Crippen molar-refractivity contribution in [1.82, 2.24) is 5.32 Å². The molecule has 0 aromatic heterocycles. The van der Waals surface area contributed by atoms with Gasteiger partial charge in [0.15, 0.2) is 0 Å². The van der Waals surface area contributed by atoms with Crippen LogP contribution in [0.3, 0.4) is 0 Å². The number of nitrogens with zero attached hydrogens (tertiary/aromatic N) is 1. The first-order chi connectivity index (χ1) is 10.2. The number of hydrogen-bond acceptors (Lipinski definition) is 4. The van der Waals surface area contributed by atoms with Gasteiger partial charge in [-0.25, -0.2) is 0 Å². The van der Waals surface area contributed by atoms with Crippen molar-refractivity contribution in [3.05, 3.63) is 69.8 Å². The van der Waals surface area contributed by atoms with E-state index in [-0.39, 0.29) is 10.6 Å². The second-order valence-corrected chi connectivity index (χ2v) is 6.45. The van der Waals surface area contributed by atoms with Crippen LogP contribution in [-0.4, -0.2) is 16.7 Å². The fraction of sp³-hybridized carbons (Fsp3) is 0.250. The fourth-order valence-corrected chi connectivity index (χ4v) is 3.76. The molecule has 0 fully saturated rings. The third-order valence-corrected chi connectivity index (χ3v) is 4.88. The van der Waals surface area contributed by atoms with Crippen LogP contribution in [0.4, 0.5) is 5.69 Å². The van der Waals surface area contributed by atoms with E-state index >= 15 is 0 Å². The van der Waals surface area contributed by atoms with Crippen molar-refractivity contribution in [3.8, 4) is 0 Å². The summed E-state index contributed by atoms with van der Waals surface area (Å²) in [6.07, 6.45) is 1.11. The molecule has 0 radical (unpaired) electrons. The quantitative estimate of drug-likeness (QED) is 0.679. The van der Waals surface area contributed by atoms with E-state index < -0.39 is 0 Å². The Morgan fingerprint density at radius 3 is 2.67 bits per heavy atom. The minimum absolute atomic E-state index is 0.139. The molecule has 0 spiro atoms. The molecule has 1 heterocycles. The standard InChI is InChI=1S/C16H16N2O2S/c19-18(20)14-7-5-12(6-8-14)10-17-11-15-9-13-3-1-2-4-16(13)21-15/h1-8,15,17H,9-11H2. The summed E-state index contributed by atoms with van der Waals surface area (Å²) in [7, 11) is 0. The summed E-state index contributed by atoms with van der Waals surface area (Å²) in [4.78, 5) is 11.6. The maximum atomic E-state index is 10.6. The minimum Gasteiger partial charge on any atom is -0.312 e. The molecule has 5 heteroatoms. The third-order valence-electron chi connectivity index (χ3n) is 3.56. The van der Waals surface area contributed by atoms with E-state index in [9.17, 15) is 10.1 Å². The number of hydrogen-bond donors (Lipinski definition) is 1. The van der Waals surface area contributed by atoms with Crippen LogP contribution in [0.5, 0.6) is 0 Å². The highest BCUT2D eigenvalue weighted by Gasteiger charge is 2.20. The SMILES string of the molecule is O=[N+]([O-])c1ccc(CNCC2Cc3ccccc3S2)cc1. The van der Waals surface area contributed by atoms with Gasteiger partial charge in [-0.1, -0.05) is 30.3 Å². The summed E-state index contributed by atoms with van der Waals surface area (Å²) >= 11 is 1.93. The Hall–Kier alpha value is -1.85. The Morgan fingerprint density at radius 1 is 1.19 bits per heavy atom. The first-order valence-electron chi connectivity index (χ1n) is 6.91.